The molecule has 5 nitrogen and oxygen atoms in total. The zero-order valence-corrected chi connectivity index (χ0v) is 16.4. The predicted octanol–water partition coefficient (Wildman–Crippen LogP) is 4.43. The van der Waals surface area contributed by atoms with Gasteiger partial charge in [0.2, 0.25) is 0 Å². The van der Waals surface area contributed by atoms with Crippen LogP contribution in [0.2, 0.25) is 0 Å². The number of urea groups is 1. The summed E-state index contributed by atoms with van der Waals surface area (Å²) in [6.07, 6.45) is 3.77. The van der Waals surface area contributed by atoms with Gasteiger partial charge >= 0.3 is 6.03 Å². The van der Waals surface area contributed by atoms with Crippen LogP contribution in [0.3, 0.4) is 0 Å². The Balaban J connectivity index is 1.45. The van der Waals surface area contributed by atoms with Gasteiger partial charge in [0.1, 0.15) is 0 Å². The first-order chi connectivity index (χ1) is 13.6. The minimum absolute atomic E-state index is 0.0754. The third-order valence-corrected chi connectivity index (χ3v) is 5.53. The van der Waals surface area contributed by atoms with Gasteiger partial charge in [-0.15, -0.1) is 0 Å². The van der Waals surface area contributed by atoms with Gasteiger partial charge < -0.3 is 4.90 Å². The molecule has 1 N–H and O–H groups in total. The molecule has 3 aromatic rings. The van der Waals surface area contributed by atoms with Crippen molar-refractivity contribution in [2.45, 2.75) is 32.7 Å². The van der Waals surface area contributed by atoms with Crippen LogP contribution in [0.1, 0.15) is 35.2 Å². The molecule has 0 fully saturated rings. The molecule has 1 unspecified atom stereocenters. The average Bonchev–Trinajstić information content (AvgIpc) is 2.95. The fourth-order valence-corrected chi connectivity index (χ4v) is 3.74. The number of carbonyl (C=O) groups excluding carboxylic acids is 1. The Bertz CT molecular complexity index is 937. The Labute approximate surface area is 166 Å². The summed E-state index contributed by atoms with van der Waals surface area (Å²) in [7, 11) is 0. The number of aromatic nitrogens is 2. The molecule has 0 bridgehead atoms. The Hall–Kier alpha value is -3.08. The highest BCUT2D eigenvalue weighted by Gasteiger charge is 2.20. The Morgan fingerprint density at radius 3 is 2.25 bits per heavy atom. The minimum atomic E-state index is -0.0754. The SMILES string of the molecule is Cc1cn(C(C)c2ccccc2)nc1NC(=O)N1CCc2ccccc2CC1. The lowest BCUT2D eigenvalue weighted by Crippen LogP contribution is -2.37. The number of hydrogen-bond acceptors (Lipinski definition) is 2. The summed E-state index contributed by atoms with van der Waals surface area (Å²) in [4.78, 5) is 14.7. The van der Waals surface area contributed by atoms with Crippen LogP contribution >= 0.6 is 0 Å². The molecule has 2 aromatic carbocycles. The van der Waals surface area contributed by atoms with Crippen molar-refractivity contribution in [1.29, 1.82) is 0 Å². The molecular weight excluding hydrogens is 348 g/mol. The van der Waals surface area contributed by atoms with E-state index in [2.05, 4.69) is 53.7 Å². The lowest BCUT2D eigenvalue weighted by molar-refractivity contribution is 0.214. The molecule has 0 spiro atoms. The van der Waals surface area contributed by atoms with Gasteiger partial charge in [0, 0.05) is 24.8 Å². The zero-order valence-electron chi connectivity index (χ0n) is 16.4. The van der Waals surface area contributed by atoms with Crippen molar-refractivity contribution in [1.82, 2.24) is 14.7 Å². The Morgan fingerprint density at radius 1 is 1.00 bits per heavy atom. The first-order valence-corrected chi connectivity index (χ1v) is 9.85. The van der Waals surface area contributed by atoms with E-state index in [1.165, 1.54) is 16.7 Å². The third-order valence-electron chi connectivity index (χ3n) is 5.53. The summed E-state index contributed by atoms with van der Waals surface area (Å²) in [6, 6.07) is 18.7. The highest BCUT2D eigenvalue weighted by atomic mass is 16.2. The van der Waals surface area contributed by atoms with Crippen LogP contribution < -0.4 is 5.32 Å². The maximum Gasteiger partial charge on any atom is 0.323 e. The van der Waals surface area contributed by atoms with Crippen LogP contribution in [-0.4, -0.2) is 33.8 Å². The highest BCUT2D eigenvalue weighted by molar-refractivity contribution is 5.89. The van der Waals surface area contributed by atoms with Gasteiger partial charge in [-0.2, -0.15) is 5.10 Å². The van der Waals surface area contributed by atoms with Crippen molar-refractivity contribution >= 4 is 11.8 Å². The van der Waals surface area contributed by atoms with E-state index in [-0.39, 0.29) is 12.1 Å². The number of amides is 2. The van der Waals surface area contributed by atoms with Crippen LogP contribution in [0.4, 0.5) is 10.6 Å². The fraction of sp³-hybridized carbons (Fsp3) is 0.304. The highest BCUT2D eigenvalue weighted by Crippen LogP contribution is 2.22. The van der Waals surface area contributed by atoms with E-state index in [9.17, 15) is 4.79 Å². The molecule has 1 aliphatic heterocycles. The van der Waals surface area contributed by atoms with Crippen LogP contribution in [0.5, 0.6) is 0 Å². The number of rotatable bonds is 3. The van der Waals surface area contributed by atoms with Crippen LogP contribution in [0.15, 0.2) is 60.8 Å². The van der Waals surface area contributed by atoms with Gasteiger partial charge in [0.15, 0.2) is 5.82 Å². The lowest BCUT2D eigenvalue weighted by atomic mass is 10.0. The van der Waals surface area contributed by atoms with Gasteiger partial charge in [-0.1, -0.05) is 54.6 Å². The first kappa shape index (κ1) is 18.3. The van der Waals surface area contributed by atoms with Gasteiger partial charge in [-0.25, -0.2) is 4.79 Å². The largest absolute Gasteiger partial charge is 0.324 e. The monoisotopic (exact) mass is 374 g/mol. The number of aryl methyl sites for hydroxylation is 1. The van der Waals surface area contributed by atoms with Crippen LogP contribution in [-0.2, 0) is 12.8 Å². The van der Waals surface area contributed by atoms with Crippen LogP contribution in [0.25, 0.3) is 0 Å². The van der Waals surface area contributed by atoms with Crippen LogP contribution in [0, 0.1) is 6.92 Å². The summed E-state index contributed by atoms with van der Waals surface area (Å²) in [5.41, 5.74) is 4.84. The van der Waals surface area contributed by atoms with Gasteiger partial charge in [0.05, 0.1) is 6.04 Å². The summed E-state index contributed by atoms with van der Waals surface area (Å²) in [5.74, 6) is 0.634. The molecule has 0 aliphatic carbocycles. The number of fused-ring (bicyclic) bond motifs is 1. The molecule has 4 rings (SSSR count). The molecule has 1 aromatic heterocycles. The second-order valence-electron chi connectivity index (χ2n) is 7.41. The zero-order chi connectivity index (χ0) is 19.5. The van der Waals surface area contributed by atoms with Crippen molar-refractivity contribution in [3.63, 3.8) is 0 Å². The van der Waals surface area contributed by atoms with E-state index >= 15 is 0 Å². The molecule has 0 radical (unpaired) electrons. The number of nitrogens with one attached hydrogen (secondary N) is 1. The summed E-state index contributed by atoms with van der Waals surface area (Å²) in [6.45, 7) is 5.54. The standard InChI is InChI=1S/C23H26N4O/c1-17-16-27(18(2)19-8-4-3-5-9-19)25-22(17)24-23(28)26-14-12-20-10-6-7-11-21(20)13-15-26/h3-11,16,18H,12-15H2,1-2H3,(H,24,25,28). The maximum absolute atomic E-state index is 12.8. The summed E-state index contributed by atoms with van der Waals surface area (Å²) >= 11 is 0. The second kappa shape index (κ2) is 7.89. The molecule has 0 saturated heterocycles. The van der Waals surface area contributed by atoms with E-state index in [1.54, 1.807) is 0 Å². The van der Waals surface area contributed by atoms with E-state index in [1.807, 2.05) is 40.9 Å². The van der Waals surface area contributed by atoms with Crippen molar-refractivity contribution in [2.75, 3.05) is 18.4 Å². The van der Waals surface area contributed by atoms with E-state index < -0.39 is 0 Å². The number of hydrogen-bond donors (Lipinski definition) is 1. The molecule has 1 aliphatic rings. The van der Waals surface area contributed by atoms with Gasteiger partial charge in [0.25, 0.3) is 0 Å². The topological polar surface area (TPSA) is 50.2 Å². The fourth-order valence-electron chi connectivity index (χ4n) is 3.74. The van der Waals surface area contributed by atoms with Crippen molar-refractivity contribution in [3.8, 4) is 0 Å². The summed E-state index contributed by atoms with van der Waals surface area (Å²) < 4.78 is 1.92. The van der Waals surface area contributed by atoms with Crippen molar-refractivity contribution in [2.24, 2.45) is 0 Å². The van der Waals surface area contributed by atoms with Crippen molar-refractivity contribution in [3.05, 3.63) is 83.0 Å². The molecule has 5 heteroatoms. The van der Waals surface area contributed by atoms with E-state index in [4.69, 9.17) is 0 Å². The molecule has 28 heavy (non-hydrogen) atoms. The molecule has 0 saturated carbocycles. The molecule has 1 atom stereocenters. The molecular formula is C23H26N4O. The lowest BCUT2D eigenvalue weighted by Gasteiger charge is -2.20. The molecule has 144 valence electrons. The number of anilines is 1. The van der Waals surface area contributed by atoms with Gasteiger partial charge in [-0.3, -0.25) is 10.00 Å². The smallest absolute Gasteiger partial charge is 0.323 e. The number of nitrogens with zero attached hydrogens (tertiary/aromatic N) is 3. The molecule has 2 heterocycles. The number of carbonyl (C=O) groups is 1. The van der Waals surface area contributed by atoms with E-state index in [0.717, 1.165) is 31.5 Å². The van der Waals surface area contributed by atoms with Crippen molar-refractivity contribution < 1.29 is 4.79 Å². The number of benzene rings is 2. The average molecular weight is 374 g/mol. The first-order valence-electron chi connectivity index (χ1n) is 9.85. The normalized spacial score (nSPS) is 14.9. The van der Waals surface area contributed by atoms with Gasteiger partial charge in [-0.05, 0) is 43.4 Å². The van der Waals surface area contributed by atoms with E-state index in [0.29, 0.717) is 5.82 Å². The quantitative estimate of drug-likeness (QED) is 0.737. The minimum Gasteiger partial charge on any atom is -0.324 e. The Morgan fingerprint density at radius 2 is 1.61 bits per heavy atom. The predicted molar refractivity (Wildman–Crippen MR) is 112 cm³/mol. The summed E-state index contributed by atoms with van der Waals surface area (Å²) in [5, 5.41) is 7.66. The molecule has 2 amide bonds. The Kier molecular flexibility index (Phi) is 5.15. The third kappa shape index (κ3) is 3.79. The second-order valence-corrected chi connectivity index (χ2v) is 7.41. The maximum atomic E-state index is 12.8.